The van der Waals surface area contributed by atoms with Gasteiger partial charge in [0, 0.05) is 6.54 Å². The van der Waals surface area contributed by atoms with Crippen LogP contribution in [0.3, 0.4) is 0 Å². The summed E-state index contributed by atoms with van der Waals surface area (Å²) in [6.07, 6.45) is 4.80. The largest absolute Gasteiger partial charge is 0.322 e. The second-order valence-corrected chi connectivity index (χ2v) is 7.01. The molecule has 1 atom stereocenters. The number of piperidine rings is 1. The van der Waals surface area contributed by atoms with E-state index in [1.807, 2.05) is 19.1 Å². The minimum atomic E-state index is -0.295. The predicted octanol–water partition coefficient (Wildman–Crippen LogP) is 2.95. The molecule has 130 valence electrons. The third-order valence-electron chi connectivity index (χ3n) is 4.67. The number of hydrogen-bond acceptors (Lipinski definition) is 4. The van der Waals surface area contributed by atoms with Crippen molar-refractivity contribution in [2.45, 2.75) is 45.2 Å². The minimum Gasteiger partial charge on any atom is -0.322 e. The van der Waals surface area contributed by atoms with Crippen LogP contribution in [0.25, 0.3) is 10.9 Å². The highest BCUT2D eigenvalue weighted by atomic mass is 35.5. The maximum Gasteiger partial charge on any atom is 0.262 e. The van der Waals surface area contributed by atoms with Crippen LogP contribution in [0, 0.1) is 0 Å². The van der Waals surface area contributed by atoms with E-state index in [-0.39, 0.29) is 11.6 Å². The quantitative estimate of drug-likeness (QED) is 0.902. The lowest BCUT2D eigenvalue weighted by Crippen LogP contribution is -2.33. The van der Waals surface area contributed by atoms with Crippen molar-refractivity contribution in [3.05, 3.63) is 39.4 Å². The summed E-state index contributed by atoms with van der Waals surface area (Å²) in [5.41, 5.74) is 6.59. The van der Waals surface area contributed by atoms with Crippen LogP contribution < -0.4 is 11.3 Å². The molecule has 2 N–H and O–H groups in total. The van der Waals surface area contributed by atoms with Crippen molar-refractivity contribution in [2.24, 2.45) is 5.73 Å². The summed E-state index contributed by atoms with van der Waals surface area (Å²) in [6.45, 7) is 5.82. The third kappa shape index (κ3) is 3.63. The Labute approximate surface area is 147 Å². The normalized spacial score (nSPS) is 17.3. The SMILES string of the molecule is C[C@H](N)c1nc2cccc(Cl)c2c(=O)n1CCCN1CCCCC1. The first-order chi connectivity index (χ1) is 11.6. The molecule has 0 saturated carbocycles. The van der Waals surface area contributed by atoms with Gasteiger partial charge in [0.15, 0.2) is 0 Å². The van der Waals surface area contributed by atoms with Gasteiger partial charge in [-0.25, -0.2) is 4.98 Å². The molecule has 6 heteroatoms. The highest BCUT2D eigenvalue weighted by Gasteiger charge is 2.16. The Bertz CT molecular complexity index is 765. The van der Waals surface area contributed by atoms with Crippen molar-refractivity contribution in [2.75, 3.05) is 19.6 Å². The number of nitrogens with zero attached hydrogens (tertiary/aromatic N) is 3. The van der Waals surface area contributed by atoms with Gasteiger partial charge in [-0.15, -0.1) is 0 Å². The number of halogens is 1. The molecule has 0 radical (unpaired) electrons. The maximum atomic E-state index is 12.9. The molecule has 1 aliphatic rings. The number of benzene rings is 1. The molecule has 0 spiro atoms. The summed E-state index contributed by atoms with van der Waals surface area (Å²) in [5.74, 6) is 0.633. The van der Waals surface area contributed by atoms with Gasteiger partial charge in [-0.1, -0.05) is 24.1 Å². The number of likely N-dealkylation sites (tertiary alicyclic amines) is 1. The maximum absolute atomic E-state index is 12.9. The number of fused-ring (bicyclic) bond motifs is 1. The van der Waals surface area contributed by atoms with Crippen LogP contribution in [-0.4, -0.2) is 34.1 Å². The van der Waals surface area contributed by atoms with Crippen LogP contribution in [0.4, 0.5) is 0 Å². The van der Waals surface area contributed by atoms with Gasteiger partial charge in [-0.3, -0.25) is 9.36 Å². The summed E-state index contributed by atoms with van der Waals surface area (Å²) in [4.78, 5) is 20.0. The number of hydrogen-bond donors (Lipinski definition) is 1. The Balaban J connectivity index is 1.87. The zero-order valence-electron chi connectivity index (χ0n) is 14.2. The van der Waals surface area contributed by atoms with Gasteiger partial charge >= 0.3 is 0 Å². The highest BCUT2D eigenvalue weighted by Crippen LogP contribution is 2.20. The second-order valence-electron chi connectivity index (χ2n) is 6.61. The molecule has 0 aliphatic carbocycles. The number of aromatic nitrogens is 2. The van der Waals surface area contributed by atoms with Gasteiger partial charge in [-0.2, -0.15) is 0 Å². The van der Waals surface area contributed by atoms with Crippen LogP contribution in [0.2, 0.25) is 5.02 Å². The molecule has 1 fully saturated rings. The molecule has 1 aromatic carbocycles. The Hall–Kier alpha value is -1.43. The second kappa shape index (κ2) is 7.64. The molecule has 2 heterocycles. The molecule has 0 unspecified atom stereocenters. The molecular weight excluding hydrogens is 324 g/mol. The van der Waals surface area contributed by atoms with E-state index < -0.39 is 0 Å². The zero-order valence-corrected chi connectivity index (χ0v) is 14.9. The number of nitrogens with two attached hydrogens (primary N) is 1. The fraction of sp³-hybridized carbons (Fsp3) is 0.556. The third-order valence-corrected chi connectivity index (χ3v) is 4.99. The van der Waals surface area contributed by atoms with E-state index in [1.165, 1.54) is 19.3 Å². The first-order valence-electron chi connectivity index (χ1n) is 8.75. The van der Waals surface area contributed by atoms with Crippen LogP contribution in [0.1, 0.15) is 44.5 Å². The zero-order chi connectivity index (χ0) is 17.1. The Morgan fingerprint density at radius 3 is 2.71 bits per heavy atom. The molecule has 1 saturated heterocycles. The van der Waals surface area contributed by atoms with E-state index >= 15 is 0 Å². The fourth-order valence-electron chi connectivity index (χ4n) is 3.44. The summed E-state index contributed by atoms with van der Waals surface area (Å²) in [7, 11) is 0. The molecule has 1 aromatic heterocycles. The standard InChI is InChI=1S/C18H25ClN4O/c1-13(20)17-21-15-8-5-7-14(19)16(15)18(24)23(17)12-6-11-22-9-3-2-4-10-22/h5,7-8,13H,2-4,6,9-12,20H2,1H3/t13-/m0/s1. The fourth-order valence-corrected chi connectivity index (χ4v) is 3.69. The minimum absolute atomic E-state index is 0.0865. The monoisotopic (exact) mass is 348 g/mol. The average Bonchev–Trinajstić information content (AvgIpc) is 2.57. The lowest BCUT2D eigenvalue weighted by Gasteiger charge is -2.26. The van der Waals surface area contributed by atoms with E-state index in [0.29, 0.717) is 28.3 Å². The molecule has 3 rings (SSSR count). The van der Waals surface area contributed by atoms with Crippen molar-refractivity contribution in [3.8, 4) is 0 Å². The summed E-state index contributed by atoms with van der Waals surface area (Å²) < 4.78 is 1.71. The van der Waals surface area contributed by atoms with Gasteiger partial charge in [0.2, 0.25) is 0 Å². The Morgan fingerprint density at radius 1 is 1.25 bits per heavy atom. The molecule has 5 nitrogen and oxygen atoms in total. The summed E-state index contributed by atoms with van der Waals surface area (Å²) in [5, 5.41) is 0.938. The van der Waals surface area contributed by atoms with Crippen LogP contribution in [0.5, 0.6) is 0 Å². The smallest absolute Gasteiger partial charge is 0.262 e. The first-order valence-corrected chi connectivity index (χ1v) is 9.12. The van der Waals surface area contributed by atoms with Crippen LogP contribution >= 0.6 is 11.6 Å². The molecule has 1 aliphatic heterocycles. The molecule has 2 aromatic rings. The van der Waals surface area contributed by atoms with Crippen LogP contribution in [0.15, 0.2) is 23.0 Å². The van der Waals surface area contributed by atoms with E-state index in [2.05, 4.69) is 9.88 Å². The van der Waals surface area contributed by atoms with Crippen molar-refractivity contribution >= 4 is 22.5 Å². The predicted molar refractivity (Wildman–Crippen MR) is 98.5 cm³/mol. The molecule has 24 heavy (non-hydrogen) atoms. The highest BCUT2D eigenvalue weighted by molar-refractivity contribution is 6.35. The van der Waals surface area contributed by atoms with Gasteiger partial charge in [-0.05, 0) is 58.0 Å². The van der Waals surface area contributed by atoms with Gasteiger partial charge in [0.1, 0.15) is 5.82 Å². The Morgan fingerprint density at radius 2 is 2.00 bits per heavy atom. The molecule has 0 amide bonds. The van der Waals surface area contributed by atoms with E-state index in [4.69, 9.17) is 17.3 Å². The summed E-state index contributed by atoms with van der Waals surface area (Å²) in [6, 6.07) is 5.06. The van der Waals surface area contributed by atoms with Crippen molar-refractivity contribution in [3.63, 3.8) is 0 Å². The Kier molecular flexibility index (Phi) is 5.54. The molecular formula is C18H25ClN4O. The number of rotatable bonds is 5. The van der Waals surface area contributed by atoms with Crippen molar-refractivity contribution < 1.29 is 0 Å². The average molecular weight is 349 g/mol. The van der Waals surface area contributed by atoms with E-state index in [9.17, 15) is 4.79 Å². The lowest BCUT2D eigenvalue weighted by atomic mass is 10.1. The van der Waals surface area contributed by atoms with Gasteiger partial charge < -0.3 is 10.6 Å². The van der Waals surface area contributed by atoms with Gasteiger partial charge in [0.05, 0.1) is 22.0 Å². The summed E-state index contributed by atoms with van der Waals surface area (Å²) >= 11 is 6.23. The first kappa shape index (κ1) is 17.4. The van der Waals surface area contributed by atoms with Crippen molar-refractivity contribution in [1.29, 1.82) is 0 Å². The molecule has 0 bridgehead atoms. The van der Waals surface area contributed by atoms with Gasteiger partial charge in [0.25, 0.3) is 5.56 Å². The van der Waals surface area contributed by atoms with Crippen molar-refractivity contribution in [1.82, 2.24) is 14.5 Å². The topological polar surface area (TPSA) is 64.1 Å². The van der Waals surface area contributed by atoms with E-state index in [0.717, 1.165) is 26.1 Å². The van der Waals surface area contributed by atoms with E-state index in [1.54, 1.807) is 10.6 Å². The van der Waals surface area contributed by atoms with Crippen LogP contribution in [-0.2, 0) is 6.54 Å². The lowest BCUT2D eigenvalue weighted by molar-refractivity contribution is 0.222.